The van der Waals surface area contributed by atoms with E-state index < -0.39 is 0 Å². The van der Waals surface area contributed by atoms with Crippen LogP contribution < -0.4 is 4.74 Å². The molecule has 3 aromatic rings. The Bertz CT molecular complexity index is 875. The van der Waals surface area contributed by atoms with Crippen molar-refractivity contribution in [3.8, 4) is 17.0 Å². The van der Waals surface area contributed by atoms with Gasteiger partial charge in [0.05, 0.1) is 17.7 Å². The molecule has 0 amide bonds. The van der Waals surface area contributed by atoms with Gasteiger partial charge in [0.2, 0.25) is 0 Å². The number of nitro benzene ring substituents is 1. The molecule has 0 bridgehead atoms. The van der Waals surface area contributed by atoms with E-state index in [-0.39, 0.29) is 10.6 Å². The largest absolute Gasteiger partial charge is 0.494 e. The van der Waals surface area contributed by atoms with Crippen LogP contribution in [0.1, 0.15) is 5.56 Å². The molecule has 0 aliphatic carbocycles. The summed E-state index contributed by atoms with van der Waals surface area (Å²) >= 11 is 0. The van der Waals surface area contributed by atoms with Gasteiger partial charge < -0.3 is 4.74 Å². The Kier molecular flexibility index (Phi) is 3.47. The minimum Gasteiger partial charge on any atom is -0.494 e. The van der Waals surface area contributed by atoms with E-state index >= 15 is 0 Å². The molecular weight excluding hydrogens is 280 g/mol. The zero-order valence-electron chi connectivity index (χ0n) is 12.2. The number of hydrogen-bond acceptors (Lipinski definition) is 4. The summed E-state index contributed by atoms with van der Waals surface area (Å²) in [6.07, 6.45) is 0. The van der Waals surface area contributed by atoms with Crippen molar-refractivity contribution in [2.24, 2.45) is 0 Å². The number of nitro groups is 1. The van der Waals surface area contributed by atoms with Gasteiger partial charge in [-0.3, -0.25) is 10.1 Å². The van der Waals surface area contributed by atoms with Crippen molar-refractivity contribution in [3.63, 3.8) is 0 Å². The van der Waals surface area contributed by atoms with Crippen LogP contribution >= 0.6 is 0 Å². The Morgan fingerprint density at radius 3 is 2.64 bits per heavy atom. The lowest BCUT2D eigenvalue weighted by atomic mass is 10.1. The highest BCUT2D eigenvalue weighted by Gasteiger charge is 2.12. The van der Waals surface area contributed by atoms with Crippen molar-refractivity contribution >= 4 is 16.6 Å². The molecule has 5 nitrogen and oxygen atoms in total. The lowest BCUT2D eigenvalue weighted by molar-refractivity contribution is -0.385. The Balaban J connectivity index is 2.14. The highest BCUT2D eigenvalue weighted by atomic mass is 16.6. The molecule has 2 aromatic carbocycles. The van der Waals surface area contributed by atoms with E-state index in [0.717, 1.165) is 22.2 Å². The molecule has 0 N–H and O–H groups in total. The normalized spacial score (nSPS) is 10.6. The molecule has 0 spiro atoms. The summed E-state index contributed by atoms with van der Waals surface area (Å²) in [6.45, 7) is 1.73. The second-order valence-corrected chi connectivity index (χ2v) is 4.99. The maximum absolute atomic E-state index is 10.9. The number of benzene rings is 2. The third kappa shape index (κ3) is 2.37. The molecular formula is C17H14N2O3. The van der Waals surface area contributed by atoms with E-state index in [1.807, 2.05) is 30.3 Å². The molecule has 0 aliphatic rings. The molecule has 0 unspecified atom stereocenters. The van der Waals surface area contributed by atoms with Crippen LogP contribution in [0.5, 0.6) is 5.75 Å². The van der Waals surface area contributed by atoms with Crippen molar-refractivity contribution in [3.05, 3.63) is 64.2 Å². The molecule has 1 heterocycles. The number of hydrogen-bond donors (Lipinski definition) is 0. The third-order valence-electron chi connectivity index (χ3n) is 3.59. The van der Waals surface area contributed by atoms with Crippen molar-refractivity contribution in [1.29, 1.82) is 0 Å². The average Bonchev–Trinajstić information content (AvgIpc) is 2.53. The van der Waals surface area contributed by atoms with Gasteiger partial charge in [-0.1, -0.05) is 18.2 Å². The smallest absolute Gasteiger partial charge is 0.272 e. The van der Waals surface area contributed by atoms with Gasteiger partial charge in [0.15, 0.2) is 0 Å². The zero-order valence-corrected chi connectivity index (χ0v) is 12.2. The van der Waals surface area contributed by atoms with Crippen molar-refractivity contribution < 1.29 is 9.66 Å². The molecule has 0 aliphatic heterocycles. The maximum Gasteiger partial charge on any atom is 0.272 e. The van der Waals surface area contributed by atoms with Gasteiger partial charge in [0, 0.05) is 22.6 Å². The quantitative estimate of drug-likeness (QED) is 0.538. The first-order valence-electron chi connectivity index (χ1n) is 6.79. The van der Waals surface area contributed by atoms with E-state index in [9.17, 15) is 10.1 Å². The van der Waals surface area contributed by atoms with E-state index in [0.29, 0.717) is 11.3 Å². The fourth-order valence-electron chi connectivity index (χ4n) is 2.47. The minimum atomic E-state index is -0.379. The number of para-hydroxylation sites is 1. The predicted octanol–water partition coefficient (Wildman–Crippen LogP) is 4.13. The van der Waals surface area contributed by atoms with Crippen LogP contribution in [-0.2, 0) is 0 Å². The molecule has 0 radical (unpaired) electrons. The summed E-state index contributed by atoms with van der Waals surface area (Å²) < 4.78 is 5.34. The fourth-order valence-corrected chi connectivity index (χ4v) is 2.47. The van der Waals surface area contributed by atoms with Gasteiger partial charge in [0.25, 0.3) is 5.69 Å². The molecule has 1 aromatic heterocycles. The number of rotatable bonds is 3. The Hall–Kier alpha value is -2.95. The molecule has 3 rings (SSSR count). The molecule has 22 heavy (non-hydrogen) atoms. The lowest BCUT2D eigenvalue weighted by Gasteiger charge is -2.08. The third-order valence-corrected chi connectivity index (χ3v) is 3.59. The van der Waals surface area contributed by atoms with E-state index in [1.165, 1.54) is 6.07 Å². The summed E-state index contributed by atoms with van der Waals surface area (Å²) in [5, 5.41) is 11.9. The number of aromatic nitrogens is 1. The van der Waals surface area contributed by atoms with Gasteiger partial charge in [-0.25, -0.2) is 4.98 Å². The van der Waals surface area contributed by atoms with Gasteiger partial charge >= 0.3 is 0 Å². The molecule has 0 fully saturated rings. The van der Waals surface area contributed by atoms with E-state index in [4.69, 9.17) is 4.74 Å². The monoisotopic (exact) mass is 294 g/mol. The van der Waals surface area contributed by atoms with Crippen molar-refractivity contribution in [2.75, 3.05) is 7.11 Å². The lowest BCUT2D eigenvalue weighted by Crippen LogP contribution is -1.93. The van der Waals surface area contributed by atoms with Gasteiger partial charge in [-0.15, -0.1) is 0 Å². The number of methoxy groups -OCH3 is 1. The van der Waals surface area contributed by atoms with Crippen LogP contribution in [0, 0.1) is 17.0 Å². The first-order valence-corrected chi connectivity index (χ1v) is 6.79. The van der Waals surface area contributed by atoms with E-state index in [1.54, 1.807) is 26.2 Å². The number of pyridine rings is 1. The SMILES string of the molecule is COc1cccc2ccc(-c3ccc([N+](=O)[O-])c(C)c3)nc12. The Morgan fingerprint density at radius 2 is 1.95 bits per heavy atom. The highest BCUT2D eigenvalue weighted by Crippen LogP contribution is 2.29. The molecule has 5 heteroatoms. The van der Waals surface area contributed by atoms with Crippen molar-refractivity contribution in [1.82, 2.24) is 4.98 Å². The van der Waals surface area contributed by atoms with Crippen LogP contribution in [0.4, 0.5) is 5.69 Å². The summed E-state index contributed by atoms with van der Waals surface area (Å²) in [7, 11) is 1.61. The van der Waals surface area contributed by atoms with Crippen molar-refractivity contribution in [2.45, 2.75) is 6.92 Å². The maximum atomic E-state index is 10.9. The van der Waals surface area contributed by atoms with Crippen LogP contribution in [0.25, 0.3) is 22.2 Å². The number of aryl methyl sites for hydroxylation is 1. The number of ether oxygens (including phenoxy) is 1. The number of fused-ring (bicyclic) bond motifs is 1. The van der Waals surface area contributed by atoms with E-state index in [2.05, 4.69) is 4.98 Å². The van der Waals surface area contributed by atoms with Gasteiger partial charge in [0.1, 0.15) is 11.3 Å². The van der Waals surface area contributed by atoms with Crippen LogP contribution in [0.15, 0.2) is 48.5 Å². The molecule has 0 saturated carbocycles. The average molecular weight is 294 g/mol. The first-order chi connectivity index (χ1) is 10.6. The Labute approximate surface area is 127 Å². The molecule has 110 valence electrons. The highest BCUT2D eigenvalue weighted by molar-refractivity contribution is 5.86. The summed E-state index contributed by atoms with van der Waals surface area (Å²) in [6, 6.07) is 14.6. The fraction of sp³-hybridized carbons (Fsp3) is 0.118. The van der Waals surface area contributed by atoms with Gasteiger partial charge in [-0.05, 0) is 31.2 Å². The predicted molar refractivity (Wildman–Crippen MR) is 85.1 cm³/mol. The zero-order chi connectivity index (χ0) is 15.7. The minimum absolute atomic E-state index is 0.113. The molecule has 0 saturated heterocycles. The number of nitrogens with zero attached hydrogens (tertiary/aromatic N) is 2. The van der Waals surface area contributed by atoms with Crippen LogP contribution in [0.3, 0.4) is 0 Å². The summed E-state index contributed by atoms with van der Waals surface area (Å²) in [5.41, 5.74) is 3.11. The first kappa shape index (κ1) is 14.0. The second-order valence-electron chi connectivity index (χ2n) is 4.99. The molecule has 0 atom stereocenters. The van der Waals surface area contributed by atoms with Crippen LogP contribution in [-0.4, -0.2) is 17.0 Å². The van der Waals surface area contributed by atoms with Gasteiger partial charge in [-0.2, -0.15) is 0 Å². The topological polar surface area (TPSA) is 65.3 Å². The Morgan fingerprint density at radius 1 is 1.14 bits per heavy atom. The summed E-state index contributed by atoms with van der Waals surface area (Å²) in [4.78, 5) is 15.2. The second kappa shape index (κ2) is 5.44. The summed E-state index contributed by atoms with van der Waals surface area (Å²) in [5.74, 6) is 0.706. The van der Waals surface area contributed by atoms with Crippen LogP contribution in [0.2, 0.25) is 0 Å². The standard InChI is InChI=1S/C17H14N2O3/c1-11-10-13(7-9-15(11)19(20)21)14-8-6-12-4-3-5-16(22-2)17(12)18-14/h3-10H,1-2H3.